The van der Waals surface area contributed by atoms with Crippen molar-refractivity contribution < 1.29 is 5.11 Å². The molecule has 96 valence electrons. The molecule has 0 radical (unpaired) electrons. The standard InChI is InChI=1S/C13H28N2O/c1-3-15(9-4-10-16)13(11-14)7-5-12(2)6-8-13/h12,16H,3-11,14H2,1-2H3. The molecule has 16 heavy (non-hydrogen) atoms. The fourth-order valence-corrected chi connectivity index (χ4v) is 2.94. The second-order valence-electron chi connectivity index (χ2n) is 5.27. The van der Waals surface area contributed by atoms with E-state index >= 15 is 0 Å². The van der Waals surface area contributed by atoms with Crippen LogP contribution in [0, 0.1) is 5.92 Å². The molecule has 1 aliphatic carbocycles. The van der Waals surface area contributed by atoms with Crippen LogP contribution in [0.4, 0.5) is 0 Å². The molecule has 3 nitrogen and oxygen atoms in total. The minimum Gasteiger partial charge on any atom is -0.396 e. The smallest absolute Gasteiger partial charge is 0.0443 e. The molecule has 3 heteroatoms. The SMILES string of the molecule is CCN(CCCO)C1(CN)CCC(C)CC1. The van der Waals surface area contributed by atoms with Gasteiger partial charge in [0.25, 0.3) is 0 Å². The lowest BCUT2D eigenvalue weighted by molar-refractivity contribution is 0.0441. The number of nitrogens with two attached hydrogens (primary N) is 1. The lowest BCUT2D eigenvalue weighted by atomic mass is 9.76. The van der Waals surface area contributed by atoms with Crippen molar-refractivity contribution in [1.82, 2.24) is 4.90 Å². The maximum atomic E-state index is 8.95. The number of likely N-dealkylation sites (N-methyl/N-ethyl adjacent to an activating group) is 1. The van der Waals surface area contributed by atoms with Gasteiger partial charge in [0.15, 0.2) is 0 Å². The van der Waals surface area contributed by atoms with Crippen molar-refractivity contribution >= 4 is 0 Å². The summed E-state index contributed by atoms with van der Waals surface area (Å²) in [5, 5.41) is 8.95. The van der Waals surface area contributed by atoms with Crippen LogP contribution in [0.2, 0.25) is 0 Å². The molecule has 0 aromatic rings. The molecule has 0 unspecified atom stereocenters. The van der Waals surface area contributed by atoms with Gasteiger partial charge in [0, 0.05) is 25.2 Å². The van der Waals surface area contributed by atoms with E-state index in [4.69, 9.17) is 10.8 Å². The Morgan fingerprint density at radius 2 is 2.00 bits per heavy atom. The van der Waals surface area contributed by atoms with Crippen molar-refractivity contribution in [1.29, 1.82) is 0 Å². The zero-order valence-corrected chi connectivity index (χ0v) is 10.9. The molecule has 0 heterocycles. The predicted molar refractivity (Wildman–Crippen MR) is 68.4 cm³/mol. The van der Waals surface area contributed by atoms with Crippen LogP contribution in [0.5, 0.6) is 0 Å². The maximum Gasteiger partial charge on any atom is 0.0443 e. The van der Waals surface area contributed by atoms with Crippen LogP contribution in [0.25, 0.3) is 0 Å². The van der Waals surface area contributed by atoms with Gasteiger partial charge in [-0.1, -0.05) is 13.8 Å². The minimum atomic E-state index is 0.219. The van der Waals surface area contributed by atoms with Crippen molar-refractivity contribution in [2.75, 3.05) is 26.2 Å². The second kappa shape index (κ2) is 6.58. The normalized spacial score (nSPS) is 30.9. The van der Waals surface area contributed by atoms with Crippen LogP contribution in [0.15, 0.2) is 0 Å². The second-order valence-corrected chi connectivity index (χ2v) is 5.27. The van der Waals surface area contributed by atoms with E-state index in [-0.39, 0.29) is 12.1 Å². The van der Waals surface area contributed by atoms with Gasteiger partial charge in [-0.2, -0.15) is 0 Å². The molecule has 0 aromatic carbocycles. The molecule has 0 aromatic heterocycles. The first-order valence-electron chi connectivity index (χ1n) is 6.74. The quantitative estimate of drug-likeness (QED) is 0.726. The average Bonchev–Trinajstić information content (AvgIpc) is 2.32. The summed E-state index contributed by atoms with van der Waals surface area (Å²) in [6.45, 7) is 7.62. The van der Waals surface area contributed by atoms with Gasteiger partial charge in [0.2, 0.25) is 0 Å². The zero-order chi connectivity index (χ0) is 12.0. The summed E-state index contributed by atoms with van der Waals surface area (Å²) < 4.78 is 0. The molecule has 0 atom stereocenters. The Morgan fingerprint density at radius 3 is 2.44 bits per heavy atom. The third-order valence-corrected chi connectivity index (χ3v) is 4.22. The van der Waals surface area contributed by atoms with Crippen molar-refractivity contribution in [3.05, 3.63) is 0 Å². The number of nitrogens with zero attached hydrogens (tertiary/aromatic N) is 1. The molecule has 3 N–H and O–H groups in total. The van der Waals surface area contributed by atoms with Gasteiger partial charge in [-0.15, -0.1) is 0 Å². The Balaban J connectivity index is 2.61. The fraction of sp³-hybridized carbons (Fsp3) is 1.00. The zero-order valence-electron chi connectivity index (χ0n) is 10.9. The molecule has 0 bridgehead atoms. The highest BCUT2D eigenvalue weighted by Gasteiger charge is 2.37. The summed E-state index contributed by atoms with van der Waals surface area (Å²) in [5.74, 6) is 0.858. The highest BCUT2D eigenvalue weighted by Crippen LogP contribution is 2.35. The summed E-state index contributed by atoms with van der Waals surface area (Å²) in [5.41, 5.74) is 6.25. The molecule has 0 aliphatic heterocycles. The first kappa shape index (κ1) is 13.9. The summed E-state index contributed by atoms with van der Waals surface area (Å²) >= 11 is 0. The summed E-state index contributed by atoms with van der Waals surface area (Å²) in [7, 11) is 0. The van der Waals surface area contributed by atoms with E-state index in [1.165, 1.54) is 25.7 Å². The lowest BCUT2D eigenvalue weighted by Gasteiger charge is -2.47. The fourth-order valence-electron chi connectivity index (χ4n) is 2.94. The maximum absolute atomic E-state index is 8.95. The van der Waals surface area contributed by atoms with Crippen LogP contribution in [0.1, 0.15) is 46.0 Å². The summed E-state index contributed by atoms with van der Waals surface area (Å²) in [6.07, 6.45) is 5.92. The van der Waals surface area contributed by atoms with Crippen molar-refractivity contribution in [2.24, 2.45) is 11.7 Å². The van der Waals surface area contributed by atoms with Crippen LogP contribution < -0.4 is 5.73 Å². The molecular weight excluding hydrogens is 200 g/mol. The minimum absolute atomic E-state index is 0.219. The highest BCUT2D eigenvalue weighted by molar-refractivity contribution is 4.95. The van der Waals surface area contributed by atoms with Gasteiger partial charge in [0.05, 0.1) is 0 Å². The van der Waals surface area contributed by atoms with Crippen LogP contribution in [-0.4, -0.2) is 41.8 Å². The Morgan fingerprint density at radius 1 is 1.38 bits per heavy atom. The number of aliphatic hydroxyl groups is 1. The first-order valence-corrected chi connectivity index (χ1v) is 6.74. The molecule has 1 fully saturated rings. The molecule has 1 rings (SSSR count). The Bertz CT molecular complexity index is 188. The van der Waals surface area contributed by atoms with Crippen molar-refractivity contribution in [3.63, 3.8) is 0 Å². The average molecular weight is 228 g/mol. The van der Waals surface area contributed by atoms with E-state index in [1.54, 1.807) is 0 Å². The molecule has 0 amide bonds. The number of hydrogen-bond acceptors (Lipinski definition) is 3. The van der Waals surface area contributed by atoms with Gasteiger partial charge in [0.1, 0.15) is 0 Å². The van der Waals surface area contributed by atoms with E-state index < -0.39 is 0 Å². The van der Waals surface area contributed by atoms with Crippen LogP contribution in [0.3, 0.4) is 0 Å². The number of aliphatic hydroxyl groups excluding tert-OH is 1. The van der Waals surface area contributed by atoms with E-state index in [0.717, 1.165) is 32.0 Å². The summed E-state index contributed by atoms with van der Waals surface area (Å²) in [6, 6.07) is 0. The highest BCUT2D eigenvalue weighted by atomic mass is 16.3. The van der Waals surface area contributed by atoms with E-state index in [2.05, 4.69) is 18.7 Å². The predicted octanol–water partition coefficient (Wildman–Crippen LogP) is 1.60. The van der Waals surface area contributed by atoms with Gasteiger partial charge < -0.3 is 10.8 Å². The van der Waals surface area contributed by atoms with Crippen LogP contribution >= 0.6 is 0 Å². The van der Waals surface area contributed by atoms with E-state index in [0.29, 0.717) is 0 Å². The monoisotopic (exact) mass is 228 g/mol. The topological polar surface area (TPSA) is 49.5 Å². The van der Waals surface area contributed by atoms with Gasteiger partial charge in [-0.3, -0.25) is 4.90 Å². The Kier molecular flexibility index (Phi) is 5.73. The summed E-state index contributed by atoms with van der Waals surface area (Å²) in [4.78, 5) is 2.50. The molecule has 1 saturated carbocycles. The van der Waals surface area contributed by atoms with Crippen molar-refractivity contribution in [3.8, 4) is 0 Å². The Labute approximate surface area is 100 Å². The van der Waals surface area contributed by atoms with Gasteiger partial charge in [-0.05, 0) is 44.6 Å². The first-order chi connectivity index (χ1) is 7.68. The molecule has 1 aliphatic rings. The molecular formula is C13H28N2O. The Hall–Kier alpha value is -0.120. The largest absolute Gasteiger partial charge is 0.396 e. The van der Waals surface area contributed by atoms with Gasteiger partial charge in [-0.25, -0.2) is 0 Å². The van der Waals surface area contributed by atoms with E-state index in [9.17, 15) is 0 Å². The van der Waals surface area contributed by atoms with Crippen molar-refractivity contribution in [2.45, 2.75) is 51.5 Å². The number of rotatable bonds is 6. The molecule has 0 spiro atoms. The molecule has 0 saturated heterocycles. The third kappa shape index (κ3) is 3.19. The van der Waals surface area contributed by atoms with E-state index in [1.807, 2.05) is 0 Å². The van der Waals surface area contributed by atoms with Gasteiger partial charge >= 0.3 is 0 Å². The lowest BCUT2D eigenvalue weighted by Crippen LogP contribution is -2.56. The number of hydrogen-bond donors (Lipinski definition) is 2. The third-order valence-electron chi connectivity index (χ3n) is 4.22. The van der Waals surface area contributed by atoms with Crippen LogP contribution in [-0.2, 0) is 0 Å².